The molecule has 0 saturated carbocycles. The Labute approximate surface area is 113 Å². The number of hydrogen-bond donors (Lipinski definition) is 0. The van der Waals surface area contributed by atoms with Crippen LogP contribution in [0.5, 0.6) is 0 Å². The van der Waals surface area contributed by atoms with Gasteiger partial charge in [0, 0.05) is 0 Å². The Morgan fingerprint density at radius 3 is 2.53 bits per heavy atom. The predicted molar refractivity (Wildman–Crippen MR) is 72.7 cm³/mol. The molecule has 0 aliphatic heterocycles. The molecule has 0 bridgehead atoms. The monoisotopic (exact) mass is 283 g/mol. The smallest absolute Gasteiger partial charge is 0.350 e. The summed E-state index contributed by atoms with van der Waals surface area (Å²) in [6.07, 6.45) is 2.33. The molecule has 0 spiro atoms. The maximum Gasteiger partial charge on any atom is 0.350 e. The first kappa shape index (κ1) is 15.4. The molecule has 0 atom stereocenters. The number of nitrogens with zero attached hydrogens (tertiary/aromatic N) is 1. The summed E-state index contributed by atoms with van der Waals surface area (Å²) >= 11 is 0. The van der Waals surface area contributed by atoms with Crippen LogP contribution < -0.4 is 0 Å². The highest BCUT2D eigenvalue weighted by atomic mass is 32.2. The summed E-state index contributed by atoms with van der Waals surface area (Å²) in [7, 11) is -3.83. The molecule has 19 heavy (non-hydrogen) atoms. The average molecular weight is 283 g/mol. The maximum absolute atomic E-state index is 11.8. The molecule has 0 amide bonds. The Morgan fingerprint density at radius 1 is 1.32 bits per heavy atom. The zero-order valence-electron chi connectivity index (χ0n) is 11.0. The van der Waals surface area contributed by atoms with E-state index in [1.165, 1.54) is 12.1 Å². The summed E-state index contributed by atoms with van der Waals surface area (Å²) in [4.78, 5) is 11.3. The van der Waals surface area contributed by atoms with Crippen molar-refractivity contribution in [1.29, 1.82) is 0 Å². The van der Waals surface area contributed by atoms with Gasteiger partial charge in [0.05, 0.1) is 11.5 Å². The number of unbranched alkanes of at least 4 members (excludes halogenated alkanes) is 1. The molecule has 0 aliphatic rings. The number of aryl methyl sites for hydroxylation is 1. The Kier molecular flexibility index (Phi) is 5.69. The Hall–Kier alpha value is -1.69. The van der Waals surface area contributed by atoms with E-state index in [-0.39, 0.29) is 11.5 Å². The van der Waals surface area contributed by atoms with E-state index in [4.69, 9.17) is 4.74 Å². The second-order valence-corrected chi connectivity index (χ2v) is 5.68. The third-order valence-corrected chi connectivity index (χ3v) is 3.61. The molecule has 6 heteroatoms. The van der Waals surface area contributed by atoms with Gasteiger partial charge in [0.2, 0.25) is 0 Å². The van der Waals surface area contributed by atoms with E-state index in [1.807, 2.05) is 13.8 Å². The molecule has 5 nitrogen and oxygen atoms in total. The van der Waals surface area contributed by atoms with Crippen LogP contribution >= 0.6 is 0 Å². The van der Waals surface area contributed by atoms with Crippen molar-refractivity contribution >= 4 is 22.2 Å². The molecule has 1 rings (SSSR count). The Balaban J connectivity index is 2.69. The van der Waals surface area contributed by atoms with Gasteiger partial charge in [-0.2, -0.15) is 12.8 Å². The summed E-state index contributed by atoms with van der Waals surface area (Å²) in [5.74, 6) is -0.746. The zero-order valence-corrected chi connectivity index (χ0v) is 11.8. The first-order chi connectivity index (χ1) is 8.95. The topological polar surface area (TPSA) is 72.8 Å². The lowest BCUT2D eigenvalue weighted by Crippen LogP contribution is -2.08. The lowest BCUT2D eigenvalue weighted by atomic mass is 10.2. The van der Waals surface area contributed by atoms with Crippen molar-refractivity contribution in [3.05, 3.63) is 29.8 Å². The SMILES string of the molecule is CCCCOC(=O)/C=N/S(=O)(=O)c1ccc(C)cc1. The van der Waals surface area contributed by atoms with Crippen LogP contribution in [-0.2, 0) is 19.6 Å². The van der Waals surface area contributed by atoms with Crippen LogP contribution in [0.1, 0.15) is 25.3 Å². The van der Waals surface area contributed by atoms with Crippen molar-refractivity contribution in [3.63, 3.8) is 0 Å². The van der Waals surface area contributed by atoms with E-state index >= 15 is 0 Å². The minimum absolute atomic E-state index is 0.0516. The normalized spacial score (nSPS) is 11.7. The number of ether oxygens (including phenoxy) is 1. The largest absolute Gasteiger partial charge is 0.461 e. The molecular weight excluding hydrogens is 266 g/mol. The van der Waals surface area contributed by atoms with Gasteiger partial charge >= 0.3 is 5.97 Å². The van der Waals surface area contributed by atoms with Crippen molar-refractivity contribution in [3.8, 4) is 0 Å². The summed E-state index contributed by atoms with van der Waals surface area (Å²) < 4.78 is 31.6. The Morgan fingerprint density at radius 2 is 1.95 bits per heavy atom. The number of rotatable bonds is 6. The second kappa shape index (κ2) is 7.04. The summed E-state index contributed by atoms with van der Waals surface area (Å²) in [5, 5.41) is 0. The lowest BCUT2D eigenvalue weighted by molar-refractivity contribution is -0.135. The highest BCUT2D eigenvalue weighted by Gasteiger charge is 2.12. The highest BCUT2D eigenvalue weighted by Crippen LogP contribution is 2.12. The molecule has 0 unspecified atom stereocenters. The standard InChI is InChI=1S/C13H17NO4S/c1-3-4-9-18-13(15)10-14-19(16,17)12-7-5-11(2)6-8-12/h5-8,10H,3-4,9H2,1-2H3/b14-10+. The van der Waals surface area contributed by atoms with Gasteiger partial charge in [-0.1, -0.05) is 31.0 Å². The van der Waals surface area contributed by atoms with Crippen LogP contribution in [0, 0.1) is 6.92 Å². The molecule has 104 valence electrons. The van der Waals surface area contributed by atoms with Crippen LogP contribution in [0.3, 0.4) is 0 Å². The van der Waals surface area contributed by atoms with Crippen molar-refractivity contribution in [2.24, 2.45) is 4.40 Å². The van der Waals surface area contributed by atoms with Gasteiger partial charge in [0.15, 0.2) is 0 Å². The predicted octanol–water partition coefficient (Wildman–Crippen LogP) is 2.10. The van der Waals surface area contributed by atoms with Gasteiger partial charge in [-0.3, -0.25) is 0 Å². The minimum atomic E-state index is -3.83. The number of esters is 1. The van der Waals surface area contributed by atoms with Crippen molar-refractivity contribution < 1.29 is 17.9 Å². The Bertz CT molecular complexity index is 547. The third-order valence-electron chi connectivity index (χ3n) is 2.36. The van der Waals surface area contributed by atoms with E-state index in [1.54, 1.807) is 12.1 Å². The van der Waals surface area contributed by atoms with Gasteiger partial charge < -0.3 is 4.74 Å². The van der Waals surface area contributed by atoms with Crippen LogP contribution in [0.2, 0.25) is 0 Å². The molecule has 1 aromatic carbocycles. The summed E-state index contributed by atoms with van der Waals surface area (Å²) in [6.45, 7) is 4.08. The van der Waals surface area contributed by atoms with Gasteiger partial charge in [0.25, 0.3) is 10.0 Å². The zero-order chi connectivity index (χ0) is 14.3. The third kappa shape index (κ3) is 5.21. The second-order valence-electron chi connectivity index (χ2n) is 4.04. The number of benzene rings is 1. The van der Waals surface area contributed by atoms with Gasteiger partial charge in [-0.15, -0.1) is 0 Å². The molecular formula is C13H17NO4S. The lowest BCUT2D eigenvalue weighted by Gasteiger charge is -2.00. The molecule has 0 radical (unpaired) electrons. The van der Waals surface area contributed by atoms with Gasteiger partial charge in [-0.05, 0) is 25.5 Å². The van der Waals surface area contributed by atoms with Crippen molar-refractivity contribution in [2.45, 2.75) is 31.6 Å². The van der Waals surface area contributed by atoms with E-state index in [0.717, 1.165) is 18.4 Å². The first-order valence-corrected chi connectivity index (χ1v) is 7.43. The molecule has 0 fully saturated rings. The molecule has 0 N–H and O–H groups in total. The fraction of sp³-hybridized carbons (Fsp3) is 0.385. The maximum atomic E-state index is 11.8. The molecule has 0 saturated heterocycles. The van der Waals surface area contributed by atoms with Crippen molar-refractivity contribution in [2.75, 3.05) is 6.61 Å². The number of carbonyl (C=O) groups is 1. The molecule has 0 aromatic heterocycles. The highest BCUT2D eigenvalue weighted by molar-refractivity contribution is 7.90. The van der Waals surface area contributed by atoms with E-state index in [9.17, 15) is 13.2 Å². The van der Waals surface area contributed by atoms with E-state index < -0.39 is 16.0 Å². The molecule has 0 aliphatic carbocycles. The summed E-state index contributed by atoms with van der Waals surface area (Å²) in [6, 6.07) is 6.23. The molecule has 1 aromatic rings. The fourth-order valence-corrected chi connectivity index (χ4v) is 2.06. The minimum Gasteiger partial charge on any atom is -0.461 e. The van der Waals surface area contributed by atoms with Crippen LogP contribution in [-0.4, -0.2) is 27.2 Å². The van der Waals surface area contributed by atoms with E-state index in [2.05, 4.69) is 4.40 Å². The van der Waals surface area contributed by atoms with E-state index in [0.29, 0.717) is 6.21 Å². The van der Waals surface area contributed by atoms with Crippen LogP contribution in [0.15, 0.2) is 33.6 Å². The van der Waals surface area contributed by atoms with Crippen LogP contribution in [0.25, 0.3) is 0 Å². The van der Waals surface area contributed by atoms with Crippen molar-refractivity contribution in [1.82, 2.24) is 0 Å². The summed E-state index contributed by atoms with van der Waals surface area (Å²) in [5.41, 5.74) is 0.946. The number of carbonyl (C=O) groups excluding carboxylic acids is 1. The number of hydrogen-bond acceptors (Lipinski definition) is 4. The van der Waals surface area contributed by atoms with Crippen LogP contribution in [0.4, 0.5) is 0 Å². The average Bonchev–Trinajstić information content (AvgIpc) is 2.37. The molecule has 0 heterocycles. The fourth-order valence-electron chi connectivity index (χ4n) is 1.24. The quantitative estimate of drug-likeness (QED) is 0.455. The van der Waals surface area contributed by atoms with Gasteiger partial charge in [-0.25, -0.2) is 4.79 Å². The first-order valence-electron chi connectivity index (χ1n) is 5.99. The van der Waals surface area contributed by atoms with Gasteiger partial charge in [0.1, 0.15) is 6.21 Å². The number of sulfonamides is 1.